The topological polar surface area (TPSA) is 89.8 Å². The van der Waals surface area contributed by atoms with Crippen LogP contribution in [0, 0.1) is 17.0 Å². The van der Waals surface area contributed by atoms with Crippen LogP contribution in [0.3, 0.4) is 0 Å². The molecular weight excluding hydrogens is 372 g/mol. The van der Waals surface area contributed by atoms with Crippen molar-refractivity contribution in [2.24, 2.45) is 0 Å². The predicted molar refractivity (Wildman–Crippen MR) is 107 cm³/mol. The Kier molecular flexibility index (Phi) is 5.77. The van der Waals surface area contributed by atoms with E-state index < -0.39 is 16.8 Å². The maximum Gasteiger partial charge on any atom is 0.336 e. The van der Waals surface area contributed by atoms with E-state index in [1.807, 2.05) is 31.2 Å². The second-order valence-electron chi connectivity index (χ2n) is 7.06. The lowest BCUT2D eigenvalue weighted by atomic mass is 9.83. The van der Waals surface area contributed by atoms with Crippen LogP contribution in [-0.2, 0) is 20.9 Å². The van der Waals surface area contributed by atoms with Crippen LogP contribution in [-0.4, -0.2) is 28.8 Å². The van der Waals surface area contributed by atoms with Crippen molar-refractivity contribution in [1.29, 1.82) is 0 Å². The smallest absolute Gasteiger partial charge is 0.336 e. The summed E-state index contributed by atoms with van der Waals surface area (Å²) in [6, 6.07) is 13.9. The van der Waals surface area contributed by atoms with Crippen molar-refractivity contribution in [2.75, 3.05) is 7.11 Å². The predicted octanol–water partition coefficient (Wildman–Crippen LogP) is 3.87. The zero-order valence-electron chi connectivity index (χ0n) is 16.5. The average molecular weight is 394 g/mol. The van der Waals surface area contributed by atoms with Crippen LogP contribution in [0.2, 0.25) is 0 Å². The second-order valence-corrected chi connectivity index (χ2v) is 7.06. The van der Waals surface area contributed by atoms with Gasteiger partial charge in [-0.15, -0.1) is 0 Å². The Morgan fingerprint density at radius 2 is 1.90 bits per heavy atom. The van der Waals surface area contributed by atoms with Gasteiger partial charge in [-0.25, -0.2) is 4.79 Å². The highest BCUT2D eigenvalue weighted by Crippen LogP contribution is 2.38. The molecule has 2 aromatic rings. The molecule has 0 bridgehead atoms. The molecule has 0 unspecified atom stereocenters. The molecule has 7 nitrogen and oxygen atoms in total. The van der Waals surface area contributed by atoms with Gasteiger partial charge in [-0.2, -0.15) is 0 Å². The van der Waals surface area contributed by atoms with Crippen LogP contribution >= 0.6 is 0 Å². The van der Waals surface area contributed by atoms with Gasteiger partial charge >= 0.3 is 5.97 Å². The molecule has 29 heavy (non-hydrogen) atoms. The zero-order valence-corrected chi connectivity index (χ0v) is 16.5. The quantitative estimate of drug-likeness (QED) is 0.436. The van der Waals surface area contributed by atoms with Crippen molar-refractivity contribution in [2.45, 2.75) is 32.7 Å². The number of hydrogen-bond acceptors (Lipinski definition) is 5. The largest absolute Gasteiger partial charge is 0.466 e. The number of allylic oxidation sites excluding steroid dienone is 1. The maximum absolute atomic E-state index is 12.9. The Hall–Kier alpha value is -3.48. The minimum Gasteiger partial charge on any atom is -0.466 e. The lowest BCUT2D eigenvalue weighted by Crippen LogP contribution is -2.37. The van der Waals surface area contributed by atoms with Gasteiger partial charge in [0.25, 0.3) is 5.69 Å². The van der Waals surface area contributed by atoms with E-state index in [0.717, 1.165) is 11.1 Å². The van der Waals surface area contributed by atoms with Crippen molar-refractivity contribution >= 4 is 17.6 Å². The molecule has 2 aromatic carbocycles. The molecule has 0 N–H and O–H groups in total. The van der Waals surface area contributed by atoms with E-state index in [-0.39, 0.29) is 18.0 Å². The van der Waals surface area contributed by atoms with Crippen molar-refractivity contribution in [3.63, 3.8) is 0 Å². The highest BCUT2D eigenvalue weighted by atomic mass is 16.6. The van der Waals surface area contributed by atoms with Crippen LogP contribution in [0.4, 0.5) is 5.69 Å². The van der Waals surface area contributed by atoms with E-state index in [2.05, 4.69) is 0 Å². The number of amides is 1. The molecule has 0 fully saturated rings. The number of non-ortho nitro benzene ring substituents is 1. The van der Waals surface area contributed by atoms with Crippen molar-refractivity contribution < 1.29 is 19.2 Å². The molecule has 150 valence electrons. The molecule has 0 saturated heterocycles. The monoisotopic (exact) mass is 394 g/mol. The summed E-state index contributed by atoms with van der Waals surface area (Å²) in [6.45, 7) is 4.04. The number of hydrogen-bond donors (Lipinski definition) is 0. The van der Waals surface area contributed by atoms with Crippen LogP contribution in [0.25, 0.3) is 0 Å². The summed E-state index contributed by atoms with van der Waals surface area (Å²) >= 11 is 0. The van der Waals surface area contributed by atoms with Gasteiger partial charge in [-0.3, -0.25) is 14.9 Å². The first-order chi connectivity index (χ1) is 13.8. The van der Waals surface area contributed by atoms with Crippen LogP contribution in [0.1, 0.15) is 36.0 Å². The minimum absolute atomic E-state index is 0.0365. The fourth-order valence-electron chi connectivity index (χ4n) is 3.59. The number of nitro benzene ring substituents is 1. The first kappa shape index (κ1) is 20.3. The Morgan fingerprint density at radius 3 is 2.52 bits per heavy atom. The lowest BCUT2D eigenvalue weighted by Gasteiger charge is -2.34. The molecule has 1 heterocycles. The average Bonchev–Trinajstić information content (AvgIpc) is 2.71. The van der Waals surface area contributed by atoms with Crippen molar-refractivity contribution in [3.8, 4) is 0 Å². The summed E-state index contributed by atoms with van der Waals surface area (Å²) in [4.78, 5) is 37.7. The van der Waals surface area contributed by atoms with E-state index >= 15 is 0 Å². The van der Waals surface area contributed by atoms with Gasteiger partial charge in [-0.1, -0.05) is 42.0 Å². The lowest BCUT2D eigenvalue weighted by molar-refractivity contribution is -0.384. The van der Waals surface area contributed by atoms with Crippen molar-refractivity contribution in [1.82, 2.24) is 4.90 Å². The third-order valence-electron chi connectivity index (χ3n) is 5.17. The van der Waals surface area contributed by atoms with E-state index in [0.29, 0.717) is 23.4 Å². The van der Waals surface area contributed by atoms with Gasteiger partial charge in [0.1, 0.15) is 0 Å². The molecule has 0 aromatic heterocycles. The molecule has 0 saturated carbocycles. The minimum atomic E-state index is -0.593. The summed E-state index contributed by atoms with van der Waals surface area (Å²) < 4.78 is 4.97. The number of methoxy groups -OCH3 is 1. The molecule has 0 spiro atoms. The third kappa shape index (κ3) is 4.18. The number of esters is 1. The van der Waals surface area contributed by atoms with E-state index in [9.17, 15) is 19.7 Å². The Bertz CT molecular complexity index is 995. The summed E-state index contributed by atoms with van der Waals surface area (Å²) in [5.41, 5.74) is 3.37. The van der Waals surface area contributed by atoms with Gasteiger partial charge < -0.3 is 9.64 Å². The normalized spacial score (nSPS) is 16.7. The number of nitrogens with zero attached hydrogens (tertiary/aromatic N) is 2. The highest BCUT2D eigenvalue weighted by Gasteiger charge is 2.37. The molecule has 1 aliphatic heterocycles. The first-order valence-electron chi connectivity index (χ1n) is 9.21. The summed E-state index contributed by atoms with van der Waals surface area (Å²) in [5.74, 6) is -1.28. The third-order valence-corrected chi connectivity index (χ3v) is 5.17. The fraction of sp³-hybridized carbons (Fsp3) is 0.273. The Morgan fingerprint density at radius 1 is 1.21 bits per heavy atom. The molecule has 0 aliphatic carbocycles. The Labute approximate surface area is 168 Å². The zero-order chi connectivity index (χ0) is 21.1. The summed E-state index contributed by atoms with van der Waals surface area (Å²) in [7, 11) is 1.29. The van der Waals surface area contributed by atoms with Gasteiger partial charge in [0, 0.05) is 30.2 Å². The highest BCUT2D eigenvalue weighted by molar-refractivity contribution is 5.95. The number of benzene rings is 2. The van der Waals surface area contributed by atoms with Gasteiger partial charge in [0.2, 0.25) is 5.91 Å². The maximum atomic E-state index is 12.9. The standard InChI is InChI=1S/C22H22N2O5/c1-14-7-9-16(10-8-14)13-23-15(2)21(22(26)29-3)19(12-20(23)25)17-5-4-6-18(11-17)24(27)28/h4-11,19H,12-13H2,1-3H3/t19-/m1/s1. The van der Waals surface area contributed by atoms with Crippen molar-refractivity contribution in [3.05, 3.63) is 86.6 Å². The molecule has 0 radical (unpaired) electrons. The molecule has 1 atom stereocenters. The molecule has 3 rings (SSSR count). The second kappa shape index (κ2) is 8.26. The number of aryl methyl sites for hydroxylation is 1. The number of rotatable bonds is 5. The Balaban J connectivity index is 2.03. The van der Waals surface area contributed by atoms with Gasteiger partial charge in [0.05, 0.1) is 24.2 Å². The molecule has 1 aliphatic rings. The van der Waals surface area contributed by atoms with Crippen LogP contribution in [0.15, 0.2) is 59.8 Å². The van der Waals surface area contributed by atoms with Crippen LogP contribution < -0.4 is 0 Å². The fourth-order valence-corrected chi connectivity index (χ4v) is 3.59. The molecular formula is C22H22N2O5. The van der Waals surface area contributed by atoms with E-state index in [1.165, 1.54) is 19.2 Å². The molecule has 7 heteroatoms. The number of carbonyl (C=O) groups excluding carboxylic acids is 2. The number of nitro groups is 1. The summed E-state index contributed by atoms with van der Waals surface area (Å²) in [6.07, 6.45) is 0.0365. The summed E-state index contributed by atoms with van der Waals surface area (Å²) in [5, 5.41) is 11.1. The van der Waals surface area contributed by atoms with E-state index in [1.54, 1.807) is 24.0 Å². The number of ether oxygens (including phenoxy) is 1. The van der Waals surface area contributed by atoms with Crippen LogP contribution in [0.5, 0.6) is 0 Å². The molecule has 1 amide bonds. The first-order valence-corrected chi connectivity index (χ1v) is 9.21. The van der Waals surface area contributed by atoms with Gasteiger partial charge in [-0.05, 0) is 25.0 Å². The van der Waals surface area contributed by atoms with E-state index in [4.69, 9.17) is 4.74 Å². The van der Waals surface area contributed by atoms with Gasteiger partial charge in [0.15, 0.2) is 0 Å². The number of carbonyl (C=O) groups is 2. The SMILES string of the molecule is COC(=O)C1=C(C)N(Cc2ccc(C)cc2)C(=O)C[C@@H]1c1cccc([N+](=O)[O-])c1.